The highest BCUT2D eigenvalue weighted by molar-refractivity contribution is 6.17. The Labute approximate surface area is 97.2 Å². The molecule has 0 heterocycles. The van der Waals surface area contributed by atoms with Crippen LogP contribution in [0.4, 0.5) is 0 Å². The summed E-state index contributed by atoms with van der Waals surface area (Å²) < 4.78 is 15.5. The van der Waals surface area contributed by atoms with Crippen LogP contribution in [-0.2, 0) is 14.2 Å². The van der Waals surface area contributed by atoms with Crippen molar-refractivity contribution in [2.45, 2.75) is 6.42 Å². The molecule has 0 amide bonds. The third-order valence-electron chi connectivity index (χ3n) is 1.70. The molecular weight excluding hydrogens is 218 g/mol. The van der Waals surface area contributed by atoms with Crippen LogP contribution in [0, 0.1) is 0 Å². The van der Waals surface area contributed by atoms with Crippen LogP contribution in [0.5, 0.6) is 0 Å². The van der Waals surface area contributed by atoms with E-state index in [1.54, 1.807) is 7.11 Å². The highest BCUT2D eigenvalue weighted by Crippen LogP contribution is 1.82. The van der Waals surface area contributed by atoms with Crippen molar-refractivity contribution < 1.29 is 14.2 Å². The van der Waals surface area contributed by atoms with Crippen molar-refractivity contribution in [2.24, 2.45) is 0 Å². The molecule has 0 rings (SSSR count). The zero-order valence-electron chi connectivity index (χ0n) is 9.47. The lowest BCUT2D eigenvalue weighted by Crippen LogP contribution is -2.24. The zero-order chi connectivity index (χ0) is 11.2. The van der Waals surface area contributed by atoms with Crippen LogP contribution in [0.25, 0.3) is 0 Å². The molecule has 5 heteroatoms. The molecule has 0 atom stereocenters. The molecule has 0 bridgehead atoms. The fourth-order valence-corrected chi connectivity index (χ4v) is 1.09. The number of methoxy groups -OCH3 is 1. The number of halogens is 1. The van der Waals surface area contributed by atoms with E-state index in [-0.39, 0.29) is 0 Å². The first-order valence-electron chi connectivity index (χ1n) is 5.33. The number of ether oxygens (including phenoxy) is 3. The lowest BCUT2D eigenvalue weighted by Gasteiger charge is -2.06. The molecule has 0 aliphatic carbocycles. The standard InChI is InChI=1S/C10H22ClNO3/c1-13-6-2-7-14-9-4-12-5-10-15-8-3-11/h12H,2-10H2,1H3. The van der Waals surface area contributed by atoms with Crippen molar-refractivity contribution in [1.29, 1.82) is 0 Å². The summed E-state index contributed by atoms with van der Waals surface area (Å²) >= 11 is 5.45. The minimum atomic E-state index is 0.558. The first-order valence-corrected chi connectivity index (χ1v) is 5.86. The fourth-order valence-electron chi connectivity index (χ4n) is 0.978. The van der Waals surface area contributed by atoms with Crippen LogP contribution in [0.1, 0.15) is 6.42 Å². The maximum atomic E-state index is 5.45. The Balaban J connectivity index is 2.81. The van der Waals surface area contributed by atoms with Crippen LogP contribution < -0.4 is 5.32 Å². The van der Waals surface area contributed by atoms with Crippen LogP contribution in [0.15, 0.2) is 0 Å². The molecule has 0 fully saturated rings. The molecule has 92 valence electrons. The normalized spacial score (nSPS) is 10.8. The van der Waals surface area contributed by atoms with Gasteiger partial charge in [0.25, 0.3) is 0 Å². The molecule has 0 radical (unpaired) electrons. The van der Waals surface area contributed by atoms with Crippen LogP contribution in [0.2, 0.25) is 0 Å². The van der Waals surface area contributed by atoms with E-state index < -0.39 is 0 Å². The molecule has 0 aromatic heterocycles. The number of rotatable bonds is 12. The van der Waals surface area contributed by atoms with Gasteiger partial charge in [-0.1, -0.05) is 0 Å². The summed E-state index contributed by atoms with van der Waals surface area (Å²) in [7, 11) is 1.70. The van der Waals surface area contributed by atoms with E-state index in [0.29, 0.717) is 19.1 Å². The van der Waals surface area contributed by atoms with Gasteiger partial charge in [0.1, 0.15) is 0 Å². The van der Waals surface area contributed by atoms with E-state index in [2.05, 4.69) is 5.32 Å². The van der Waals surface area contributed by atoms with Gasteiger partial charge in [0.2, 0.25) is 0 Å². The van der Waals surface area contributed by atoms with Crippen LogP contribution in [-0.4, -0.2) is 59.1 Å². The number of hydrogen-bond acceptors (Lipinski definition) is 4. The van der Waals surface area contributed by atoms with Gasteiger partial charge >= 0.3 is 0 Å². The van der Waals surface area contributed by atoms with E-state index >= 15 is 0 Å². The molecule has 0 aliphatic heterocycles. The molecule has 15 heavy (non-hydrogen) atoms. The molecule has 0 saturated heterocycles. The third-order valence-corrected chi connectivity index (χ3v) is 1.86. The van der Waals surface area contributed by atoms with Gasteiger partial charge in [0, 0.05) is 39.3 Å². The summed E-state index contributed by atoms with van der Waals surface area (Å²) in [5.74, 6) is 0.558. The van der Waals surface area contributed by atoms with E-state index in [1.807, 2.05) is 0 Å². The molecule has 1 N–H and O–H groups in total. The molecule has 0 spiro atoms. The molecule has 0 aromatic rings. The van der Waals surface area contributed by atoms with Crippen molar-refractivity contribution in [2.75, 3.05) is 59.1 Å². The van der Waals surface area contributed by atoms with Gasteiger partial charge in [-0.2, -0.15) is 0 Å². The highest BCUT2D eigenvalue weighted by atomic mass is 35.5. The predicted octanol–water partition coefficient (Wildman–Crippen LogP) is 0.885. The van der Waals surface area contributed by atoms with Crippen molar-refractivity contribution in [1.82, 2.24) is 5.32 Å². The van der Waals surface area contributed by atoms with Gasteiger partial charge < -0.3 is 19.5 Å². The predicted molar refractivity (Wildman–Crippen MR) is 61.7 cm³/mol. The lowest BCUT2D eigenvalue weighted by atomic mass is 10.5. The Bertz CT molecular complexity index is 105. The molecular formula is C10H22ClNO3. The van der Waals surface area contributed by atoms with Crippen LogP contribution >= 0.6 is 11.6 Å². The van der Waals surface area contributed by atoms with Gasteiger partial charge in [0.05, 0.1) is 19.8 Å². The van der Waals surface area contributed by atoms with Gasteiger partial charge in [-0.3, -0.25) is 0 Å². The van der Waals surface area contributed by atoms with Gasteiger partial charge in [-0.25, -0.2) is 0 Å². The Hall–Kier alpha value is 0.130. The SMILES string of the molecule is COCCCOCCNCCOCCCl. The van der Waals surface area contributed by atoms with Crippen molar-refractivity contribution in [3.63, 3.8) is 0 Å². The Morgan fingerprint density at radius 3 is 2.20 bits per heavy atom. The average molecular weight is 240 g/mol. The second-order valence-corrected chi connectivity index (χ2v) is 3.39. The van der Waals surface area contributed by atoms with Crippen molar-refractivity contribution >= 4 is 11.6 Å². The summed E-state index contributed by atoms with van der Waals surface area (Å²) in [6.45, 7) is 5.29. The molecule has 4 nitrogen and oxygen atoms in total. The van der Waals surface area contributed by atoms with Crippen molar-refractivity contribution in [3.05, 3.63) is 0 Å². The van der Waals surface area contributed by atoms with Crippen molar-refractivity contribution in [3.8, 4) is 0 Å². The maximum absolute atomic E-state index is 5.45. The number of alkyl halides is 1. The zero-order valence-corrected chi connectivity index (χ0v) is 10.2. The number of hydrogen-bond donors (Lipinski definition) is 1. The smallest absolute Gasteiger partial charge is 0.0602 e. The van der Waals surface area contributed by atoms with E-state index in [0.717, 1.165) is 39.3 Å². The minimum absolute atomic E-state index is 0.558. The quantitative estimate of drug-likeness (QED) is 0.406. The maximum Gasteiger partial charge on any atom is 0.0602 e. The minimum Gasteiger partial charge on any atom is -0.385 e. The Morgan fingerprint density at radius 2 is 1.60 bits per heavy atom. The molecule has 0 unspecified atom stereocenters. The van der Waals surface area contributed by atoms with Gasteiger partial charge in [-0.15, -0.1) is 11.6 Å². The first kappa shape index (κ1) is 15.1. The highest BCUT2D eigenvalue weighted by Gasteiger charge is 1.90. The number of nitrogens with one attached hydrogen (secondary N) is 1. The van der Waals surface area contributed by atoms with E-state index in [9.17, 15) is 0 Å². The van der Waals surface area contributed by atoms with Crippen LogP contribution in [0.3, 0.4) is 0 Å². The Kier molecular flexibility index (Phi) is 14.3. The first-order chi connectivity index (χ1) is 7.41. The Morgan fingerprint density at radius 1 is 0.933 bits per heavy atom. The third kappa shape index (κ3) is 14.1. The fraction of sp³-hybridized carbons (Fsp3) is 1.00. The summed E-state index contributed by atoms with van der Waals surface area (Å²) in [6, 6.07) is 0. The second kappa shape index (κ2) is 14.1. The molecule has 0 aromatic carbocycles. The molecule has 0 aliphatic rings. The van der Waals surface area contributed by atoms with E-state index in [1.165, 1.54) is 0 Å². The summed E-state index contributed by atoms with van der Waals surface area (Å²) in [6.07, 6.45) is 0.954. The molecule has 0 saturated carbocycles. The van der Waals surface area contributed by atoms with E-state index in [4.69, 9.17) is 25.8 Å². The van der Waals surface area contributed by atoms with Gasteiger partial charge in [0.15, 0.2) is 0 Å². The lowest BCUT2D eigenvalue weighted by molar-refractivity contribution is 0.101. The summed E-state index contributed by atoms with van der Waals surface area (Å²) in [5, 5.41) is 3.21. The van der Waals surface area contributed by atoms with Gasteiger partial charge in [-0.05, 0) is 6.42 Å². The largest absolute Gasteiger partial charge is 0.385 e. The monoisotopic (exact) mass is 239 g/mol. The summed E-state index contributed by atoms with van der Waals surface area (Å²) in [4.78, 5) is 0. The average Bonchev–Trinajstić information content (AvgIpc) is 2.26. The second-order valence-electron chi connectivity index (χ2n) is 3.01. The topological polar surface area (TPSA) is 39.7 Å². The summed E-state index contributed by atoms with van der Waals surface area (Å²) in [5.41, 5.74) is 0.